The van der Waals surface area contributed by atoms with E-state index in [0.717, 1.165) is 33.7 Å². The standard InChI is InChI=1S/C25H32FN5/c1-7-21(22-11-9-10-12-23(22)26)25(19(5)29-14-18(4)27)24(28-8-2)13-17(3)20-15-30-31(6)16-20/h7-12,15-16,18,29H,2-3,13-14,27H2,1,4-6H3/b21-7-,25-19+,28-24?/t18-/m1/s1. The number of allylic oxidation sites excluding steroid dienone is 5. The molecule has 0 aliphatic carbocycles. The normalized spacial score (nSPS) is 14.1. The van der Waals surface area contributed by atoms with Crippen LogP contribution in [-0.4, -0.2) is 28.1 Å². The molecule has 1 aromatic carbocycles. The second kappa shape index (κ2) is 11.2. The van der Waals surface area contributed by atoms with Crippen LogP contribution in [0.25, 0.3) is 11.1 Å². The summed E-state index contributed by atoms with van der Waals surface area (Å²) in [6.45, 7) is 14.4. The van der Waals surface area contributed by atoms with Gasteiger partial charge in [-0.2, -0.15) is 5.10 Å². The summed E-state index contributed by atoms with van der Waals surface area (Å²) < 4.78 is 16.5. The molecule has 0 saturated heterocycles. The summed E-state index contributed by atoms with van der Waals surface area (Å²) in [5, 5.41) is 7.60. The maximum absolute atomic E-state index is 14.8. The van der Waals surface area contributed by atoms with Gasteiger partial charge in [0.1, 0.15) is 5.82 Å². The summed E-state index contributed by atoms with van der Waals surface area (Å²) in [6.07, 6.45) is 7.53. The minimum absolute atomic E-state index is 0.0381. The third-order valence-electron chi connectivity index (χ3n) is 4.82. The molecule has 0 spiro atoms. The summed E-state index contributed by atoms with van der Waals surface area (Å²) in [6, 6.07) is 6.69. The van der Waals surface area contributed by atoms with Gasteiger partial charge in [-0.05, 0) is 38.0 Å². The SMILES string of the molecule is C=CN=C(CC(=C)c1cnn(C)c1)C(/C(=C\C)c1ccccc1F)=C(\C)NC[C@@H](C)N. The molecule has 1 aromatic heterocycles. The fourth-order valence-corrected chi connectivity index (χ4v) is 3.31. The Morgan fingerprint density at radius 2 is 2.10 bits per heavy atom. The van der Waals surface area contributed by atoms with E-state index in [1.165, 1.54) is 12.3 Å². The van der Waals surface area contributed by atoms with Gasteiger partial charge in [-0.15, -0.1) is 0 Å². The maximum Gasteiger partial charge on any atom is 0.131 e. The van der Waals surface area contributed by atoms with Gasteiger partial charge in [0, 0.05) is 60.8 Å². The van der Waals surface area contributed by atoms with Gasteiger partial charge < -0.3 is 11.1 Å². The Morgan fingerprint density at radius 3 is 2.65 bits per heavy atom. The molecule has 0 fully saturated rings. The summed E-state index contributed by atoms with van der Waals surface area (Å²) >= 11 is 0. The van der Waals surface area contributed by atoms with Crippen LogP contribution in [0.4, 0.5) is 4.39 Å². The smallest absolute Gasteiger partial charge is 0.131 e. The number of rotatable bonds is 10. The van der Waals surface area contributed by atoms with Crippen molar-refractivity contribution in [1.29, 1.82) is 0 Å². The van der Waals surface area contributed by atoms with E-state index in [1.807, 2.05) is 46.2 Å². The van der Waals surface area contributed by atoms with Gasteiger partial charge in [0.15, 0.2) is 0 Å². The molecule has 0 unspecified atom stereocenters. The number of nitrogens with zero attached hydrogens (tertiary/aromatic N) is 3. The number of aryl methyl sites for hydroxylation is 1. The lowest BCUT2D eigenvalue weighted by atomic mass is 9.88. The van der Waals surface area contributed by atoms with Crippen LogP contribution in [0, 0.1) is 5.82 Å². The Morgan fingerprint density at radius 1 is 1.39 bits per heavy atom. The minimum Gasteiger partial charge on any atom is -0.386 e. The molecule has 0 saturated carbocycles. The van der Waals surface area contributed by atoms with Crippen LogP contribution in [0.15, 0.2) is 78.4 Å². The van der Waals surface area contributed by atoms with Crippen molar-refractivity contribution < 1.29 is 4.39 Å². The number of nitrogens with two attached hydrogens (primary N) is 1. The second-order valence-electron chi connectivity index (χ2n) is 7.48. The van der Waals surface area contributed by atoms with Gasteiger partial charge >= 0.3 is 0 Å². The molecular formula is C25H32FN5. The number of hydrogen-bond donors (Lipinski definition) is 2. The summed E-state index contributed by atoms with van der Waals surface area (Å²) in [7, 11) is 1.86. The Bertz CT molecular complexity index is 1020. The molecular weight excluding hydrogens is 389 g/mol. The molecule has 3 N–H and O–H groups in total. The zero-order chi connectivity index (χ0) is 23.0. The Labute approximate surface area is 184 Å². The average Bonchev–Trinajstić information content (AvgIpc) is 3.17. The van der Waals surface area contributed by atoms with Crippen molar-refractivity contribution in [1.82, 2.24) is 15.1 Å². The lowest BCUT2D eigenvalue weighted by Crippen LogP contribution is -2.31. The zero-order valence-corrected chi connectivity index (χ0v) is 18.8. The van der Waals surface area contributed by atoms with E-state index in [4.69, 9.17) is 5.73 Å². The van der Waals surface area contributed by atoms with E-state index in [-0.39, 0.29) is 11.9 Å². The topological polar surface area (TPSA) is 68.2 Å². The van der Waals surface area contributed by atoms with Crippen LogP contribution in [0.5, 0.6) is 0 Å². The predicted molar refractivity (Wildman–Crippen MR) is 129 cm³/mol. The highest BCUT2D eigenvalue weighted by atomic mass is 19.1. The number of aromatic nitrogens is 2. The van der Waals surface area contributed by atoms with Crippen molar-refractivity contribution >= 4 is 16.9 Å². The largest absolute Gasteiger partial charge is 0.386 e. The Kier molecular flexibility index (Phi) is 8.70. The predicted octanol–water partition coefficient (Wildman–Crippen LogP) is 4.86. The number of hydrogen-bond acceptors (Lipinski definition) is 4. The van der Waals surface area contributed by atoms with E-state index in [0.29, 0.717) is 18.5 Å². The Balaban J connectivity index is 2.59. The van der Waals surface area contributed by atoms with Crippen molar-refractivity contribution in [2.45, 2.75) is 33.2 Å². The first kappa shape index (κ1) is 24.0. The highest BCUT2D eigenvalue weighted by Gasteiger charge is 2.21. The molecule has 31 heavy (non-hydrogen) atoms. The summed E-state index contributed by atoms with van der Waals surface area (Å²) in [5.41, 5.74) is 11.4. The summed E-state index contributed by atoms with van der Waals surface area (Å²) in [4.78, 5) is 4.57. The number of aliphatic imine (C=N–C) groups is 1. The van der Waals surface area contributed by atoms with Crippen molar-refractivity contribution in [2.75, 3.05) is 6.54 Å². The second-order valence-corrected chi connectivity index (χ2v) is 7.48. The molecule has 0 radical (unpaired) electrons. The van der Waals surface area contributed by atoms with Crippen molar-refractivity contribution in [2.24, 2.45) is 17.8 Å². The molecule has 2 rings (SSSR count). The molecule has 0 bridgehead atoms. The molecule has 5 nitrogen and oxygen atoms in total. The third kappa shape index (κ3) is 6.36. The fourth-order valence-electron chi connectivity index (χ4n) is 3.31. The lowest BCUT2D eigenvalue weighted by molar-refractivity contribution is 0.624. The van der Waals surface area contributed by atoms with Gasteiger partial charge in [-0.1, -0.05) is 37.4 Å². The van der Waals surface area contributed by atoms with Crippen LogP contribution in [-0.2, 0) is 7.05 Å². The molecule has 2 aromatic rings. The zero-order valence-electron chi connectivity index (χ0n) is 18.8. The molecule has 0 aliphatic rings. The number of nitrogens with one attached hydrogen (secondary N) is 1. The van der Waals surface area contributed by atoms with Gasteiger partial charge in [0.25, 0.3) is 0 Å². The van der Waals surface area contributed by atoms with E-state index < -0.39 is 0 Å². The maximum atomic E-state index is 14.8. The lowest BCUT2D eigenvalue weighted by Gasteiger charge is -2.21. The van der Waals surface area contributed by atoms with Crippen LogP contribution in [0.1, 0.15) is 38.3 Å². The van der Waals surface area contributed by atoms with Crippen molar-refractivity contribution in [3.05, 3.63) is 90.3 Å². The van der Waals surface area contributed by atoms with Gasteiger partial charge in [-0.25, -0.2) is 4.39 Å². The monoisotopic (exact) mass is 421 g/mol. The average molecular weight is 422 g/mol. The first-order chi connectivity index (χ1) is 14.8. The highest BCUT2D eigenvalue weighted by molar-refractivity contribution is 6.16. The fraction of sp³-hybridized carbons (Fsp3) is 0.280. The van der Waals surface area contributed by atoms with Gasteiger partial charge in [0.05, 0.1) is 11.9 Å². The molecule has 6 heteroatoms. The van der Waals surface area contributed by atoms with Crippen molar-refractivity contribution in [3.63, 3.8) is 0 Å². The molecule has 164 valence electrons. The first-order valence-corrected chi connectivity index (χ1v) is 10.2. The quantitative estimate of drug-likeness (QED) is 0.425. The van der Waals surface area contributed by atoms with Gasteiger partial charge in [0.2, 0.25) is 0 Å². The van der Waals surface area contributed by atoms with Crippen LogP contribution < -0.4 is 11.1 Å². The van der Waals surface area contributed by atoms with Crippen LogP contribution in [0.2, 0.25) is 0 Å². The Hall–Kier alpha value is -3.25. The number of halogens is 1. The van der Waals surface area contributed by atoms with E-state index >= 15 is 0 Å². The van der Waals surface area contributed by atoms with E-state index in [1.54, 1.807) is 23.0 Å². The van der Waals surface area contributed by atoms with E-state index in [2.05, 4.69) is 28.6 Å². The summed E-state index contributed by atoms with van der Waals surface area (Å²) in [5.74, 6) is -0.294. The van der Waals surface area contributed by atoms with Crippen molar-refractivity contribution in [3.8, 4) is 0 Å². The van der Waals surface area contributed by atoms with E-state index in [9.17, 15) is 4.39 Å². The first-order valence-electron chi connectivity index (χ1n) is 10.2. The third-order valence-corrected chi connectivity index (χ3v) is 4.82. The highest BCUT2D eigenvalue weighted by Crippen LogP contribution is 2.31. The number of benzene rings is 1. The molecule has 0 aliphatic heterocycles. The van der Waals surface area contributed by atoms with Gasteiger partial charge in [-0.3, -0.25) is 9.67 Å². The van der Waals surface area contributed by atoms with Crippen LogP contribution in [0.3, 0.4) is 0 Å². The van der Waals surface area contributed by atoms with Crippen LogP contribution >= 0.6 is 0 Å². The molecule has 0 amide bonds. The molecule has 1 atom stereocenters. The molecule has 1 heterocycles. The minimum atomic E-state index is -0.294.